The van der Waals surface area contributed by atoms with Crippen LogP contribution in [0.2, 0.25) is 0 Å². The molecule has 1 fully saturated rings. The summed E-state index contributed by atoms with van der Waals surface area (Å²) in [7, 11) is 3.07. The molecule has 0 aromatic rings. The maximum absolute atomic E-state index is 9.66. The SMILES string of the molecule is CN[C@H]1[C@H](OC)O[C@H](CO)[C@@H](O)[C@@H]1O. The van der Waals surface area contributed by atoms with E-state index in [4.69, 9.17) is 14.6 Å². The highest BCUT2D eigenvalue weighted by Gasteiger charge is 2.43. The maximum Gasteiger partial charge on any atom is 0.175 e. The number of ether oxygens (including phenoxy) is 2. The van der Waals surface area contributed by atoms with Gasteiger partial charge < -0.3 is 30.1 Å². The number of methoxy groups -OCH3 is 1. The van der Waals surface area contributed by atoms with Crippen LogP contribution in [0.5, 0.6) is 0 Å². The molecule has 0 aromatic heterocycles. The third-order valence-electron chi connectivity index (χ3n) is 2.45. The van der Waals surface area contributed by atoms with Crippen molar-refractivity contribution in [1.29, 1.82) is 0 Å². The maximum atomic E-state index is 9.66. The Balaban J connectivity index is 2.71. The van der Waals surface area contributed by atoms with Gasteiger partial charge in [-0.1, -0.05) is 0 Å². The van der Waals surface area contributed by atoms with Gasteiger partial charge in [-0.05, 0) is 7.05 Å². The summed E-state index contributed by atoms with van der Waals surface area (Å²) in [6, 6.07) is -0.502. The highest BCUT2D eigenvalue weighted by atomic mass is 16.7. The summed E-state index contributed by atoms with van der Waals surface area (Å²) in [5.74, 6) is 0. The van der Waals surface area contributed by atoms with E-state index in [1.807, 2.05) is 0 Å². The molecule has 1 heterocycles. The second kappa shape index (κ2) is 5.01. The Morgan fingerprint density at radius 2 is 2.00 bits per heavy atom. The molecule has 1 rings (SSSR count). The zero-order valence-electron chi connectivity index (χ0n) is 8.25. The molecule has 6 nitrogen and oxygen atoms in total. The van der Waals surface area contributed by atoms with Gasteiger partial charge in [-0.3, -0.25) is 0 Å². The van der Waals surface area contributed by atoms with Gasteiger partial charge in [0.25, 0.3) is 0 Å². The lowest BCUT2D eigenvalue weighted by Gasteiger charge is -2.41. The van der Waals surface area contributed by atoms with Crippen LogP contribution >= 0.6 is 0 Å². The molecule has 0 unspecified atom stereocenters. The predicted molar refractivity (Wildman–Crippen MR) is 47.6 cm³/mol. The summed E-state index contributed by atoms with van der Waals surface area (Å²) in [5.41, 5.74) is 0. The number of hydrogen-bond acceptors (Lipinski definition) is 6. The Morgan fingerprint density at radius 3 is 2.43 bits per heavy atom. The Labute approximate surface area is 82.4 Å². The van der Waals surface area contributed by atoms with E-state index in [0.29, 0.717) is 0 Å². The lowest BCUT2D eigenvalue weighted by Crippen LogP contribution is -2.63. The molecule has 0 saturated carbocycles. The van der Waals surface area contributed by atoms with Gasteiger partial charge in [0.15, 0.2) is 6.29 Å². The average molecular weight is 207 g/mol. The van der Waals surface area contributed by atoms with Crippen LogP contribution in [-0.4, -0.2) is 66.7 Å². The first-order valence-electron chi connectivity index (χ1n) is 4.48. The molecule has 5 atom stereocenters. The zero-order valence-corrected chi connectivity index (χ0v) is 8.25. The van der Waals surface area contributed by atoms with E-state index < -0.39 is 30.6 Å². The molecule has 0 radical (unpaired) electrons. The molecule has 0 amide bonds. The smallest absolute Gasteiger partial charge is 0.175 e. The third-order valence-corrected chi connectivity index (χ3v) is 2.45. The minimum atomic E-state index is -1.11. The van der Waals surface area contributed by atoms with Gasteiger partial charge >= 0.3 is 0 Å². The molecule has 4 N–H and O–H groups in total. The van der Waals surface area contributed by atoms with Crippen LogP contribution in [0.25, 0.3) is 0 Å². The van der Waals surface area contributed by atoms with Crippen LogP contribution in [0.15, 0.2) is 0 Å². The van der Waals surface area contributed by atoms with Crippen molar-refractivity contribution in [2.45, 2.75) is 30.6 Å². The first-order chi connectivity index (χ1) is 6.65. The molecule has 0 bridgehead atoms. The molecule has 1 aliphatic rings. The van der Waals surface area contributed by atoms with Gasteiger partial charge in [-0.25, -0.2) is 0 Å². The molecule has 6 heteroatoms. The predicted octanol–water partition coefficient (Wildman–Crippen LogP) is -2.34. The van der Waals surface area contributed by atoms with E-state index in [0.717, 1.165) is 0 Å². The van der Waals surface area contributed by atoms with E-state index in [9.17, 15) is 10.2 Å². The van der Waals surface area contributed by atoms with E-state index in [1.165, 1.54) is 7.11 Å². The summed E-state index contributed by atoms with van der Waals surface area (Å²) in [6.45, 7) is -0.353. The summed E-state index contributed by atoms with van der Waals surface area (Å²) >= 11 is 0. The Hall–Kier alpha value is -0.240. The summed E-state index contributed by atoms with van der Waals surface area (Å²) in [4.78, 5) is 0. The van der Waals surface area contributed by atoms with Gasteiger partial charge in [0.05, 0.1) is 12.6 Å². The van der Waals surface area contributed by atoms with Crippen LogP contribution in [0.1, 0.15) is 0 Å². The summed E-state index contributed by atoms with van der Waals surface area (Å²) in [6.07, 6.45) is -3.60. The van der Waals surface area contributed by atoms with Crippen molar-refractivity contribution >= 4 is 0 Å². The topological polar surface area (TPSA) is 91.2 Å². The van der Waals surface area contributed by atoms with Gasteiger partial charge in [0.1, 0.15) is 18.3 Å². The number of nitrogens with one attached hydrogen (secondary N) is 1. The minimum absolute atomic E-state index is 0.353. The molecule has 1 aliphatic heterocycles. The monoisotopic (exact) mass is 207 g/mol. The first kappa shape index (κ1) is 11.8. The van der Waals surface area contributed by atoms with Gasteiger partial charge in [-0.2, -0.15) is 0 Å². The van der Waals surface area contributed by atoms with Crippen LogP contribution in [0.3, 0.4) is 0 Å². The molecule has 1 saturated heterocycles. The molecule has 0 aromatic carbocycles. The zero-order chi connectivity index (χ0) is 10.7. The fourth-order valence-corrected chi connectivity index (χ4v) is 1.59. The fraction of sp³-hybridized carbons (Fsp3) is 1.00. The lowest BCUT2D eigenvalue weighted by atomic mass is 9.97. The standard InChI is InChI=1S/C8H17NO5/c1-9-5-7(12)6(11)4(3-10)14-8(5)13-2/h4-12H,3H2,1-2H3/t4-,5-,6-,7-,8-/m1/s1. The molecule has 0 aliphatic carbocycles. The van der Waals surface area contributed by atoms with Gasteiger partial charge in [0.2, 0.25) is 0 Å². The van der Waals surface area contributed by atoms with Gasteiger partial charge in [-0.15, -0.1) is 0 Å². The first-order valence-corrected chi connectivity index (χ1v) is 4.48. The van der Waals surface area contributed by atoms with E-state index >= 15 is 0 Å². The van der Waals surface area contributed by atoms with E-state index in [2.05, 4.69) is 5.32 Å². The second-order valence-electron chi connectivity index (χ2n) is 3.26. The average Bonchev–Trinajstić information content (AvgIpc) is 2.21. The van der Waals surface area contributed by atoms with Crippen molar-refractivity contribution in [2.75, 3.05) is 20.8 Å². The number of hydrogen-bond donors (Lipinski definition) is 4. The molecule has 14 heavy (non-hydrogen) atoms. The quantitative estimate of drug-likeness (QED) is 0.414. The number of rotatable bonds is 3. The van der Waals surface area contributed by atoms with Crippen molar-refractivity contribution in [3.8, 4) is 0 Å². The Kier molecular flexibility index (Phi) is 4.24. The number of likely N-dealkylation sites (N-methyl/N-ethyl adjacent to an activating group) is 1. The Morgan fingerprint density at radius 1 is 1.36 bits per heavy atom. The highest BCUT2D eigenvalue weighted by molar-refractivity contribution is 4.92. The normalized spacial score (nSPS) is 43.9. The largest absolute Gasteiger partial charge is 0.394 e. The highest BCUT2D eigenvalue weighted by Crippen LogP contribution is 2.21. The number of aliphatic hydroxyl groups is 3. The van der Waals surface area contributed by atoms with Crippen LogP contribution in [-0.2, 0) is 9.47 Å². The van der Waals surface area contributed by atoms with E-state index in [-0.39, 0.29) is 6.61 Å². The van der Waals surface area contributed by atoms with Crippen molar-refractivity contribution in [3.05, 3.63) is 0 Å². The van der Waals surface area contributed by atoms with Crippen molar-refractivity contribution in [2.24, 2.45) is 0 Å². The number of aliphatic hydroxyl groups excluding tert-OH is 3. The van der Waals surface area contributed by atoms with E-state index in [1.54, 1.807) is 7.05 Å². The molecule has 84 valence electrons. The van der Waals surface area contributed by atoms with Crippen LogP contribution in [0, 0.1) is 0 Å². The summed E-state index contributed by atoms with van der Waals surface area (Å²) < 4.78 is 10.2. The minimum Gasteiger partial charge on any atom is -0.394 e. The molecular weight excluding hydrogens is 190 g/mol. The fourth-order valence-electron chi connectivity index (χ4n) is 1.59. The Bertz CT molecular complexity index is 177. The van der Waals surface area contributed by atoms with Gasteiger partial charge in [0, 0.05) is 7.11 Å². The summed E-state index contributed by atoms with van der Waals surface area (Å²) in [5, 5.41) is 30.8. The second-order valence-corrected chi connectivity index (χ2v) is 3.26. The molecule has 0 spiro atoms. The van der Waals surface area contributed by atoms with Crippen LogP contribution in [0.4, 0.5) is 0 Å². The van der Waals surface area contributed by atoms with Crippen molar-refractivity contribution < 1.29 is 24.8 Å². The lowest BCUT2D eigenvalue weighted by molar-refractivity contribution is -0.262. The molecular formula is C8H17NO5. The van der Waals surface area contributed by atoms with Crippen molar-refractivity contribution in [3.63, 3.8) is 0 Å². The third kappa shape index (κ3) is 2.05. The van der Waals surface area contributed by atoms with Crippen LogP contribution < -0.4 is 5.32 Å². The van der Waals surface area contributed by atoms with Crippen molar-refractivity contribution in [1.82, 2.24) is 5.32 Å².